The fourth-order valence-electron chi connectivity index (χ4n) is 2.94. The summed E-state index contributed by atoms with van der Waals surface area (Å²) in [5.74, 6) is -1.15. The maximum absolute atomic E-state index is 14.3. The predicted octanol–water partition coefficient (Wildman–Crippen LogP) is 3.96. The molecule has 2 heterocycles. The van der Waals surface area contributed by atoms with E-state index in [2.05, 4.69) is 26.1 Å². The monoisotopic (exact) mass is 439 g/mol. The van der Waals surface area contributed by atoms with Gasteiger partial charge in [-0.05, 0) is 53.0 Å². The molecule has 138 valence electrons. The topological polar surface area (TPSA) is 52.7 Å². The van der Waals surface area contributed by atoms with Crippen LogP contribution >= 0.6 is 27.3 Å². The normalized spacial score (nSPS) is 13.7. The molecule has 1 fully saturated rings. The van der Waals surface area contributed by atoms with Gasteiger partial charge in [-0.1, -0.05) is 6.07 Å². The highest BCUT2D eigenvalue weighted by atomic mass is 79.9. The largest absolute Gasteiger partial charge is 0.370 e. The average Bonchev–Trinajstić information content (AvgIpc) is 3.27. The van der Waals surface area contributed by atoms with Gasteiger partial charge in [-0.2, -0.15) is 0 Å². The van der Waals surface area contributed by atoms with Crippen LogP contribution in [-0.4, -0.2) is 43.4 Å². The number of nitrogens with one attached hydrogen (secondary N) is 1. The van der Waals surface area contributed by atoms with Crippen molar-refractivity contribution < 1.29 is 14.0 Å². The van der Waals surface area contributed by atoms with E-state index < -0.39 is 11.7 Å². The van der Waals surface area contributed by atoms with Crippen LogP contribution in [0.3, 0.4) is 0 Å². The number of carbonyl (C=O) groups excluding carboxylic acids is 2. The van der Waals surface area contributed by atoms with Gasteiger partial charge in [0.05, 0.1) is 20.9 Å². The lowest BCUT2D eigenvalue weighted by Gasteiger charge is -2.23. The van der Waals surface area contributed by atoms with Gasteiger partial charge in [0.1, 0.15) is 11.5 Å². The smallest absolute Gasteiger partial charge is 0.264 e. The molecule has 1 aliphatic rings. The summed E-state index contributed by atoms with van der Waals surface area (Å²) in [6, 6.07) is 8.26. The minimum absolute atomic E-state index is 0.151. The summed E-state index contributed by atoms with van der Waals surface area (Å²) >= 11 is 4.62. The Morgan fingerprint density at radius 2 is 2.00 bits per heavy atom. The number of anilines is 2. The van der Waals surface area contributed by atoms with Crippen molar-refractivity contribution in [1.29, 1.82) is 0 Å². The Balaban J connectivity index is 1.69. The van der Waals surface area contributed by atoms with Gasteiger partial charge in [0.2, 0.25) is 5.91 Å². The third-order valence-electron chi connectivity index (χ3n) is 4.21. The lowest BCUT2D eigenvalue weighted by atomic mass is 10.2. The molecule has 1 N–H and O–H groups in total. The summed E-state index contributed by atoms with van der Waals surface area (Å²) in [5.41, 5.74) is 0.867. The Morgan fingerprint density at radius 1 is 1.27 bits per heavy atom. The van der Waals surface area contributed by atoms with Crippen molar-refractivity contribution in [2.45, 2.75) is 12.8 Å². The van der Waals surface area contributed by atoms with E-state index in [0.29, 0.717) is 10.6 Å². The van der Waals surface area contributed by atoms with Crippen LogP contribution in [0.1, 0.15) is 22.5 Å². The molecule has 2 amide bonds. The van der Waals surface area contributed by atoms with Gasteiger partial charge in [-0.3, -0.25) is 9.59 Å². The summed E-state index contributed by atoms with van der Waals surface area (Å²) in [6.07, 6.45) is 2.11. The molecule has 0 aliphatic carbocycles. The predicted molar refractivity (Wildman–Crippen MR) is 105 cm³/mol. The molecule has 0 unspecified atom stereocenters. The highest BCUT2D eigenvalue weighted by Gasteiger charge is 2.21. The zero-order valence-corrected chi connectivity index (χ0v) is 16.7. The summed E-state index contributed by atoms with van der Waals surface area (Å²) < 4.78 is 15.1. The minimum atomic E-state index is -0.473. The standard InChI is InChI=1S/C18H19BrFN3O2S/c1-22(18(25)14-7-8-15(19)26-14)11-16(24)21-17-12(20)5-4-6-13(17)23-9-2-3-10-23/h4-8H,2-3,9-11H2,1H3,(H,21,24). The van der Waals surface area contributed by atoms with Crippen molar-refractivity contribution in [2.75, 3.05) is 36.9 Å². The van der Waals surface area contributed by atoms with E-state index >= 15 is 0 Å². The van der Waals surface area contributed by atoms with Crippen molar-refractivity contribution in [2.24, 2.45) is 0 Å². The second-order valence-electron chi connectivity index (χ2n) is 6.14. The van der Waals surface area contributed by atoms with E-state index in [9.17, 15) is 14.0 Å². The van der Waals surface area contributed by atoms with Crippen LogP contribution < -0.4 is 10.2 Å². The quantitative estimate of drug-likeness (QED) is 0.766. The number of amides is 2. The molecule has 0 spiro atoms. The van der Waals surface area contributed by atoms with Gasteiger partial charge >= 0.3 is 0 Å². The number of carbonyl (C=O) groups is 2. The number of benzene rings is 1. The Kier molecular flexibility index (Phi) is 5.93. The first-order chi connectivity index (χ1) is 12.5. The van der Waals surface area contributed by atoms with Crippen LogP contribution in [0.25, 0.3) is 0 Å². The molecule has 1 aliphatic heterocycles. The molecule has 5 nitrogen and oxygen atoms in total. The lowest BCUT2D eigenvalue weighted by molar-refractivity contribution is -0.116. The maximum atomic E-state index is 14.3. The zero-order chi connectivity index (χ0) is 18.7. The fraction of sp³-hybridized carbons (Fsp3) is 0.333. The first kappa shape index (κ1) is 18.8. The zero-order valence-electron chi connectivity index (χ0n) is 14.3. The molecule has 0 bridgehead atoms. The summed E-state index contributed by atoms with van der Waals surface area (Å²) in [5, 5.41) is 2.64. The van der Waals surface area contributed by atoms with E-state index in [0.717, 1.165) is 29.7 Å². The SMILES string of the molecule is CN(CC(=O)Nc1c(F)cccc1N1CCCC1)C(=O)c1ccc(Br)s1. The number of rotatable bonds is 5. The van der Waals surface area contributed by atoms with Gasteiger partial charge in [0.25, 0.3) is 5.91 Å². The summed E-state index contributed by atoms with van der Waals surface area (Å²) in [4.78, 5) is 28.7. The van der Waals surface area contributed by atoms with Gasteiger partial charge < -0.3 is 15.1 Å². The van der Waals surface area contributed by atoms with E-state index in [1.165, 1.54) is 22.3 Å². The first-order valence-corrected chi connectivity index (χ1v) is 9.91. The van der Waals surface area contributed by atoms with E-state index in [1.807, 2.05) is 6.07 Å². The number of likely N-dealkylation sites (N-methyl/N-ethyl adjacent to an activating group) is 1. The molecule has 0 saturated carbocycles. The van der Waals surface area contributed by atoms with E-state index in [-0.39, 0.29) is 18.1 Å². The second-order valence-corrected chi connectivity index (χ2v) is 8.60. The van der Waals surface area contributed by atoms with E-state index in [1.54, 1.807) is 25.2 Å². The molecule has 0 atom stereocenters. The Morgan fingerprint density at radius 3 is 2.65 bits per heavy atom. The van der Waals surface area contributed by atoms with Gasteiger partial charge in [-0.25, -0.2) is 4.39 Å². The number of hydrogen-bond donors (Lipinski definition) is 1. The molecule has 0 radical (unpaired) electrons. The number of thiophene rings is 1. The molecule has 26 heavy (non-hydrogen) atoms. The van der Waals surface area contributed by atoms with Crippen LogP contribution in [0.4, 0.5) is 15.8 Å². The molecule has 8 heteroatoms. The van der Waals surface area contributed by atoms with Crippen LogP contribution in [0, 0.1) is 5.82 Å². The van der Waals surface area contributed by atoms with Gasteiger partial charge in [0.15, 0.2) is 0 Å². The van der Waals surface area contributed by atoms with Crippen LogP contribution in [-0.2, 0) is 4.79 Å². The van der Waals surface area contributed by atoms with Crippen molar-refractivity contribution in [3.63, 3.8) is 0 Å². The van der Waals surface area contributed by atoms with Gasteiger partial charge in [0, 0.05) is 20.1 Å². The van der Waals surface area contributed by atoms with Crippen molar-refractivity contribution in [3.8, 4) is 0 Å². The molecule has 1 aromatic heterocycles. The Hall–Kier alpha value is -1.93. The van der Waals surface area contributed by atoms with Crippen LogP contribution in [0.15, 0.2) is 34.1 Å². The highest BCUT2D eigenvalue weighted by molar-refractivity contribution is 9.11. The third-order valence-corrected chi connectivity index (χ3v) is 5.83. The van der Waals surface area contributed by atoms with Crippen molar-refractivity contribution in [3.05, 3.63) is 44.8 Å². The van der Waals surface area contributed by atoms with Crippen molar-refractivity contribution >= 4 is 50.5 Å². The van der Waals surface area contributed by atoms with Crippen molar-refractivity contribution in [1.82, 2.24) is 4.90 Å². The van der Waals surface area contributed by atoms with E-state index in [4.69, 9.17) is 0 Å². The molecular weight excluding hydrogens is 421 g/mol. The molecule has 3 rings (SSSR count). The summed E-state index contributed by atoms with van der Waals surface area (Å²) in [7, 11) is 1.55. The number of halogens is 2. The number of para-hydroxylation sites is 1. The molecule has 1 aromatic carbocycles. The summed E-state index contributed by atoms with van der Waals surface area (Å²) in [6.45, 7) is 1.54. The first-order valence-electron chi connectivity index (χ1n) is 8.30. The Bertz CT molecular complexity index is 821. The van der Waals surface area contributed by atoms with Crippen LogP contribution in [0.5, 0.6) is 0 Å². The number of nitrogens with zero attached hydrogens (tertiary/aromatic N) is 2. The lowest BCUT2D eigenvalue weighted by Crippen LogP contribution is -2.35. The molecule has 2 aromatic rings. The average molecular weight is 440 g/mol. The number of hydrogen-bond acceptors (Lipinski definition) is 4. The van der Waals surface area contributed by atoms with Crippen LogP contribution in [0.2, 0.25) is 0 Å². The minimum Gasteiger partial charge on any atom is -0.370 e. The molecule has 1 saturated heterocycles. The highest BCUT2D eigenvalue weighted by Crippen LogP contribution is 2.31. The third kappa shape index (κ3) is 4.24. The Labute approximate surface area is 163 Å². The molecular formula is C18H19BrFN3O2S. The maximum Gasteiger partial charge on any atom is 0.264 e. The second kappa shape index (κ2) is 8.18. The van der Waals surface area contributed by atoms with Gasteiger partial charge in [-0.15, -0.1) is 11.3 Å². The fourth-order valence-corrected chi connectivity index (χ4v) is 4.32.